The van der Waals surface area contributed by atoms with Gasteiger partial charge in [0.15, 0.2) is 0 Å². The van der Waals surface area contributed by atoms with Crippen LogP contribution in [0.25, 0.3) is 0 Å². The molecule has 1 aromatic rings. The fraction of sp³-hybridized carbons (Fsp3) is 0.556. The third-order valence-electron chi connectivity index (χ3n) is 0.921. The van der Waals surface area contributed by atoms with Crippen LogP contribution in [-0.4, -0.2) is 16.5 Å². The SMILES string of the molecule is CCC.CCNc1cnccn1. The van der Waals surface area contributed by atoms with Crippen molar-refractivity contribution in [2.24, 2.45) is 0 Å². The van der Waals surface area contributed by atoms with Crippen LogP contribution >= 0.6 is 0 Å². The Morgan fingerprint density at radius 3 is 2.33 bits per heavy atom. The molecule has 68 valence electrons. The summed E-state index contributed by atoms with van der Waals surface area (Å²) in [4.78, 5) is 7.87. The first-order chi connectivity index (χ1) is 5.85. The molecule has 0 aliphatic rings. The van der Waals surface area contributed by atoms with E-state index >= 15 is 0 Å². The van der Waals surface area contributed by atoms with E-state index in [4.69, 9.17) is 0 Å². The van der Waals surface area contributed by atoms with Gasteiger partial charge in [-0.15, -0.1) is 0 Å². The average molecular weight is 167 g/mol. The lowest BCUT2D eigenvalue weighted by Crippen LogP contribution is -1.98. The van der Waals surface area contributed by atoms with Crippen LogP contribution in [-0.2, 0) is 0 Å². The number of rotatable bonds is 2. The van der Waals surface area contributed by atoms with E-state index in [1.807, 2.05) is 6.92 Å². The number of hydrogen-bond acceptors (Lipinski definition) is 3. The molecule has 0 radical (unpaired) electrons. The molecular formula is C9H17N3. The van der Waals surface area contributed by atoms with E-state index in [1.54, 1.807) is 18.6 Å². The largest absolute Gasteiger partial charge is 0.369 e. The first kappa shape index (κ1) is 10.9. The first-order valence-electron chi connectivity index (χ1n) is 4.35. The average Bonchev–Trinajstić information content (AvgIpc) is 2.08. The summed E-state index contributed by atoms with van der Waals surface area (Å²) >= 11 is 0. The monoisotopic (exact) mass is 167 g/mol. The van der Waals surface area contributed by atoms with Crippen LogP contribution in [0.4, 0.5) is 5.82 Å². The fourth-order valence-electron chi connectivity index (χ4n) is 0.571. The fourth-order valence-corrected chi connectivity index (χ4v) is 0.571. The predicted octanol–water partition coefficient (Wildman–Crippen LogP) is 2.32. The van der Waals surface area contributed by atoms with Gasteiger partial charge in [-0.2, -0.15) is 0 Å². The van der Waals surface area contributed by atoms with E-state index in [0.717, 1.165) is 12.4 Å². The zero-order valence-electron chi connectivity index (χ0n) is 8.04. The molecule has 0 atom stereocenters. The lowest BCUT2D eigenvalue weighted by Gasteiger charge is -1.97. The Bertz CT molecular complexity index is 174. The molecule has 1 aromatic heterocycles. The molecule has 3 nitrogen and oxygen atoms in total. The molecule has 0 fully saturated rings. The summed E-state index contributed by atoms with van der Waals surface area (Å²) in [5.74, 6) is 0.833. The number of anilines is 1. The Hall–Kier alpha value is -1.12. The van der Waals surface area contributed by atoms with Crippen molar-refractivity contribution in [3.63, 3.8) is 0 Å². The Kier molecular flexibility index (Phi) is 7.24. The Morgan fingerprint density at radius 2 is 1.92 bits per heavy atom. The van der Waals surface area contributed by atoms with Crippen molar-refractivity contribution in [2.75, 3.05) is 11.9 Å². The molecular weight excluding hydrogens is 150 g/mol. The van der Waals surface area contributed by atoms with Crippen LogP contribution in [0.1, 0.15) is 27.2 Å². The van der Waals surface area contributed by atoms with Gasteiger partial charge >= 0.3 is 0 Å². The van der Waals surface area contributed by atoms with Crippen LogP contribution in [0.2, 0.25) is 0 Å². The van der Waals surface area contributed by atoms with Crippen molar-refractivity contribution in [3.05, 3.63) is 18.6 Å². The summed E-state index contributed by atoms with van der Waals surface area (Å²) in [6.07, 6.45) is 6.27. The van der Waals surface area contributed by atoms with Gasteiger partial charge in [-0.25, -0.2) is 4.98 Å². The van der Waals surface area contributed by atoms with E-state index in [-0.39, 0.29) is 0 Å². The van der Waals surface area contributed by atoms with Crippen molar-refractivity contribution in [1.82, 2.24) is 9.97 Å². The molecule has 0 aromatic carbocycles. The minimum atomic E-state index is 0.833. The van der Waals surface area contributed by atoms with Gasteiger partial charge in [0.2, 0.25) is 0 Å². The third kappa shape index (κ3) is 5.65. The zero-order valence-corrected chi connectivity index (χ0v) is 8.04. The maximum atomic E-state index is 3.99. The van der Waals surface area contributed by atoms with E-state index in [1.165, 1.54) is 6.42 Å². The molecule has 1 rings (SSSR count). The number of hydrogen-bond donors (Lipinski definition) is 1. The van der Waals surface area contributed by atoms with Crippen molar-refractivity contribution in [3.8, 4) is 0 Å². The quantitative estimate of drug-likeness (QED) is 0.734. The lowest BCUT2D eigenvalue weighted by atomic mass is 10.6. The molecule has 1 N–H and O–H groups in total. The van der Waals surface area contributed by atoms with Crippen molar-refractivity contribution in [2.45, 2.75) is 27.2 Å². The van der Waals surface area contributed by atoms with Gasteiger partial charge in [0.25, 0.3) is 0 Å². The molecule has 12 heavy (non-hydrogen) atoms. The summed E-state index contributed by atoms with van der Waals surface area (Å²) < 4.78 is 0. The minimum Gasteiger partial charge on any atom is -0.369 e. The van der Waals surface area contributed by atoms with Gasteiger partial charge in [0.1, 0.15) is 5.82 Å². The highest BCUT2D eigenvalue weighted by Gasteiger charge is 1.84. The maximum Gasteiger partial charge on any atom is 0.144 e. The van der Waals surface area contributed by atoms with Gasteiger partial charge in [0, 0.05) is 18.9 Å². The van der Waals surface area contributed by atoms with E-state index in [2.05, 4.69) is 29.1 Å². The molecule has 0 amide bonds. The standard InChI is InChI=1S/C6H9N3.C3H8/c1-2-8-6-5-7-3-4-9-6;1-3-2/h3-5H,2H2,1H3,(H,8,9);3H2,1-2H3. The molecule has 1 heterocycles. The van der Waals surface area contributed by atoms with E-state index in [0.29, 0.717) is 0 Å². The summed E-state index contributed by atoms with van der Waals surface area (Å²) in [5.41, 5.74) is 0. The lowest BCUT2D eigenvalue weighted by molar-refractivity contribution is 1.09. The van der Waals surface area contributed by atoms with Crippen LogP contribution < -0.4 is 5.32 Å². The molecule has 0 saturated carbocycles. The van der Waals surface area contributed by atoms with E-state index in [9.17, 15) is 0 Å². The van der Waals surface area contributed by atoms with Gasteiger partial charge < -0.3 is 5.32 Å². The third-order valence-corrected chi connectivity index (χ3v) is 0.921. The molecule has 0 unspecified atom stereocenters. The second kappa shape index (κ2) is 7.98. The number of aromatic nitrogens is 2. The Balaban J connectivity index is 0.000000354. The molecule has 0 saturated heterocycles. The van der Waals surface area contributed by atoms with Crippen LogP contribution in [0, 0.1) is 0 Å². The minimum absolute atomic E-state index is 0.833. The first-order valence-corrected chi connectivity index (χ1v) is 4.35. The maximum absolute atomic E-state index is 3.99. The van der Waals surface area contributed by atoms with Crippen LogP contribution in [0.5, 0.6) is 0 Å². The van der Waals surface area contributed by atoms with Crippen LogP contribution in [0.15, 0.2) is 18.6 Å². The smallest absolute Gasteiger partial charge is 0.144 e. The molecule has 0 aliphatic carbocycles. The Morgan fingerprint density at radius 1 is 1.25 bits per heavy atom. The highest BCUT2D eigenvalue weighted by molar-refractivity contribution is 5.28. The topological polar surface area (TPSA) is 37.8 Å². The zero-order chi connectivity index (χ0) is 9.23. The molecule has 0 spiro atoms. The van der Waals surface area contributed by atoms with Gasteiger partial charge in [-0.05, 0) is 6.92 Å². The summed E-state index contributed by atoms with van der Waals surface area (Å²) in [6, 6.07) is 0. The molecule has 0 bridgehead atoms. The second-order valence-corrected chi connectivity index (χ2v) is 2.33. The van der Waals surface area contributed by atoms with Gasteiger partial charge in [-0.3, -0.25) is 4.98 Å². The van der Waals surface area contributed by atoms with E-state index < -0.39 is 0 Å². The van der Waals surface area contributed by atoms with Gasteiger partial charge in [0.05, 0.1) is 6.20 Å². The van der Waals surface area contributed by atoms with Crippen molar-refractivity contribution in [1.29, 1.82) is 0 Å². The van der Waals surface area contributed by atoms with Crippen molar-refractivity contribution >= 4 is 5.82 Å². The summed E-state index contributed by atoms with van der Waals surface area (Å²) in [7, 11) is 0. The summed E-state index contributed by atoms with van der Waals surface area (Å²) in [5, 5.41) is 3.03. The normalized spacial score (nSPS) is 8.25. The summed E-state index contributed by atoms with van der Waals surface area (Å²) in [6.45, 7) is 7.16. The van der Waals surface area contributed by atoms with Crippen LogP contribution in [0.3, 0.4) is 0 Å². The Labute approximate surface area is 74.3 Å². The second-order valence-electron chi connectivity index (χ2n) is 2.33. The highest BCUT2D eigenvalue weighted by Crippen LogP contribution is 1.93. The molecule has 0 aliphatic heterocycles. The van der Waals surface area contributed by atoms with Gasteiger partial charge in [-0.1, -0.05) is 20.3 Å². The molecule has 3 heteroatoms. The number of nitrogens with one attached hydrogen (secondary N) is 1. The van der Waals surface area contributed by atoms with Crippen molar-refractivity contribution < 1.29 is 0 Å². The highest BCUT2D eigenvalue weighted by atomic mass is 15.0. The number of nitrogens with zero attached hydrogens (tertiary/aromatic N) is 2. The predicted molar refractivity (Wildman–Crippen MR) is 52.2 cm³/mol.